The Morgan fingerprint density at radius 2 is 1.39 bits per heavy atom. The van der Waals surface area contributed by atoms with E-state index < -0.39 is 5.97 Å². The van der Waals surface area contributed by atoms with Gasteiger partial charge in [-0.2, -0.15) is 0 Å². The van der Waals surface area contributed by atoms with Gasteiger partial charge in [0.05, 0.1) is 5.56 Å². The Kier molecular flexibility index (Phi) is 13.3. The number of carboxylic acid groups (broad SMARTS) is 1. The monoisotopic (exact) mass is 314 g/mol. The lowest BCUT2D eigenvalue weighted by molar-refractivity contribution is 0.0696. The van der Waals surface area contributed by atoms with Crippen molar-refractivity contribution in [2.75, 3.05) is 0 Å². The number of hydrogen-bond acceptors (Lipinski definition) is 1. The van der Waals surface area contributed by atoms with Crippen molar-refractivity contribution in [3.05, 3.63) is 59.2 Å². The maximum Gasteiger partial charge on any atom is 0.336 e. The van der Waals surface area contributed by atoms with Gasteiger partial charge in [-0.25, -0.2) is 4.79 Å². The molecule has 0 saturated carbocycles. The summed E-state index contributed by atoms with van der Waals surface area (Å²) >= 11 is 0. The predicted molar refractivity (Wildman–Crippen MR) is 106 cm³/mol. The molecule has 1 rings (SSSR count). The van der Waals surface area contributed by atoms with Crippen LogP contribution < -0.4 is 0 Å². The molecule has 2 nitrogen and oxygen atoms in total. The van der Waals surface area contributed by atoms with E-state index >= 15 is 0 Å². The van der Waals surface area contributed by atoms with Gasteiger partial charge in [-0.05, 0) is 42.2 Å². The van der Waals surface area contributed by atoms with Gasteiger partial charge in [-0.3, -0.25) is 0 Å². The van der Waals surface area contributed by atoms with E-state index in [-0.39, 0.29) is 5.56 Å². The highest BCUT2D eigenvalue weighted by Crippen LogP contribution is 2.28. The molecule has 1 aromatic rings. The fourth-order valence-electron chi connectivity index (χ4n) is 2.02. The van der Waals surface area contributed by atoms with Crippen molar-refractivity contribution in [2.24, 2.45) is 0 Å². The Labute approximate surface area is 141 Å². The van der Waals surface area contributed by atoms with Gasteiger partial charge in [0.15, 0.2) is 0 Å². The summed E-state index contributed by atoms with van der Waals surface area (Å²) in [5, 5.41) is 9.33. The Balaban J connectivity index is 0. The molecule has 0 unspecified atom stereocenters. The first-order valence-electron chi connectivity index (χ1n) is 8.05. The van der Waals surface area contributed by atoms with E-state index in [9.17, 15) is 9.90 Å². The topological polar surface area (TPSA) is 37.3 Å². The maximum atomic E-state index is 11.4. The first-order chi connectivity index (χ1) is 11.1. The normalized spacial score (nSPS) is 9.65. The van der Waals surface area contributed by atoms with Crippen molar-refractivity contribution < 1.29 is 9.90 Å². The summed E-state index contributed by atoms with van der Waals surface area (Å²) in [5.74, 6) is -0.952. The predicted octanol–water partition coefficient (Wildman–Crippen LogP) is 6.79. The average molecular weight is 314 g/mol. The minimum absolute atomic E-state index is 0.260. The van der Waals surface area contributed by atoms with E-state index in [0.29, 0.717) is 5.56 Å². The Morgan fingerprint density at radius 1 is 0.913 bits per heavy atom. The average Bonchev–Trinajstić information content (AvgIpc) is 2.59. The van der Waals surface area contributed by atoms with Gasteiger partial charge in [-0.1, -0.05) is 77.3 Å². The van der Waals surface area contributed by atoms with Crippen LogP contribution in [0.15, 0.2) is 31.4 Å². The molecule has 1 aromatic carbocycles. The first kappa shape index (κ1) is 22.9. The van der Waals surface area contributed by atoms with E-state index in [4.69, 9.17) is 0 Å². The van der Waals surface area contributed by atoms with Crippen LogP contribution in [-0.2, 0) is 0 Å². The van der Waals surface area contributed by atoms with E-state index in [2.05, 4.69) is 13.2 Å². The van der Waals surface area contributed by atoms with Crippen molar-refractivity contribution in [2.45, 2.75) is 41.5 Å². The van der Waals surface area contributed by atoms with E-state index in [1.807, 2.05) is 59.8 Å². The molecule has 0 fully saturated rings. The molecule has 126 valence electrons. The number of aromatic carboxylic acids is 1. The molecule has 0 heterocycles. The highest BCUT2D eigenvalue weighted by Gasteiger charge is 2.16. The van der Waals surface area contributed by atoms with E-state index in [1.165, 1.54) is 0 Å². The molecule has 1 N–H and O–H groups in total. The minimum Gasteiger partial charge on any atom is -0.478 e. The minimum atomic E-state index is -0.952. The Hall–Kier alpha value is -2.35. The van der Waals surface area contributed by atoms with Gasteiger partial charge < -0.3 is 5.11 Å². The summed E-state index contributed by atoms with van der Waals surface area (Å²) in [4.78, 5) is 11.4. The van der Waals surface area contributed by atoms with Gasteiger partial charge >= 0.3 is 5.97 Å². The van der Waals surface area contributed by atoms with Gasteiger partial charge in [0.25, 0.3) is 0 Å². The fourth-order valence-corrected chi connectivity index (χ4v) is 2.02. The van der Waals surface area contributed by atoms with Crippen molar-refractivity contribution in [3.63, 3.8) is 0 Å². The van der Waals surface area contributed by atoms with Gasteiger partial charge in [0.1, 0.15) is 0 Å². The lowest BCUT2D eigenvalue weighted by atomic mass is 9.90. The molecule has 0 bridgehead atoms. The Bertz CT molecular complexity index is 576. The van der Waals surface area contributed by atoms with Gasteiger partial charge in [0, 0.05) is 0 Å². The third-order valence-corrected chi connectivity index (χ3v) is 2.80. The van der Waals surface area contributed by atoms with E-state index in [1.54, 1.807) is 24.3 Å². The molecule has 23 heavy (non-hydrogen) atoms. The third kappa shape index (κ3) is 6.11. The highest BCUT2D eigenvalue weighted by molar-refractivity contribution is 5.97. The van der Waals surface area contributed by atoms with Crippen LogP contribution in [0.5, 0.6) is 0 Å². The summed E-state index contributed by atoms with van der Waals surface area (Å²) in [7, 11) is 0. The smallest absolute Gasteiger partial charge is 0.336 e. The molecule has 0 aromatic heterocycles. The van der Waals surface area contributed by atoms with Crippen LogP contribution in [0.1, 0.15) is 74.2 Å². The lowest BCUT2D eigenvalue weighted by Gasteiger charge is -2.13. The molecule has 0 radical (unpaired) electrons. The zero-order valence-electron chi connectivity index (χ0n) is 15.3. The van der Waals surface area contributed by atoms with Gasteiger partial charge in [-0.15, -0.1) is 0 Å². The maximum absolute atomic E-state index is 11.4. The molecule has 0 aliphatic heterocycles. The van der Waals surface area contributed by atoms with Crippen LogP contribution >= 0.6 is 0 Å². The molecule has 0 atom stereocenters. The molecule has 0 aliphatic rings. The highest BCUT2D eigenvalue weighted by atomic mass is 16.4. The molecular weight excluding hydrogens is 284 g/mol. The molecular formula is C21H30O2. The molecule has 0 spiro atoms. The second-order valence-electron chi connectivity index (χ2n) is 3.97. The standard InChI is InChI=1S/C17H18O2.2C2H6/c1-5-9-14-12(7-3)11-16(17(18)19)15(10-6-2)13(14)8-4;2*1-2/h5-11H,3-4H2,1-2H3,(H,18,19);2*1-2H3/b9-5-,10-6-;;. The summed E-state index contributed by atoms with van der Waals surface area (Å²) in [5.41, 5.74) is 3.47. The largest absolute Gasteiger partial charge is 0.478 e. The van der Waals surface area contributed by atoms with Crippen molar-refractivity contribution in [3.8, 4) is 0 Å². The van der Waals surface area contributed by atoms with Crippen molar-refractivity contribution >= 4 is 30.3 Å². The fraction of sp³-hybridized carbons (Fsp3) is 0.286. The van der Waals surface area contributed by atoms with Crippen LogP contribution in [0.2, 0.25) is 0 Å². The SMILES string of the molecule is C=Cc1cc(C(=O)O)c(/C=C\C)c(C=C)c1/C=C\C.CC.CC. The Morgan fingerprint density at radius 3 is 1.74 bits per heavy atom. The van der Waals surface area contributed by atoms with Crippen molar-refractivity contribution in [1.82, 2.24) is 0 Å². The lowest BCUT2D eigenvalue weighted by Crippen LogP contribution is -2.04. The van der Waals surface area contributed by atoms with Crippen LogP contribution in [0.25, 0.3) is 24.3 Å². The number of benzene rings is 1. The number of rotatable bonds is 5. The summed E-state index contributed by atoms with van der Waals surface area (Å²) in [6, 6.07) is 1.65. The van der Waals surface area contributed by atoms with Crippen LogP contribution in [-0.4, -0.2) is 11.1 Å². The first-order valence-corrected chi connectivity index (χ1v) is 8.05. The van der Waals surface area contributed by atoms with Crippen LogP contribution in [0, 0.1) is 0 Å². The molecule has 0 saturated heterocycles. The number of allylic oxidation sites excluding steroid dienone is 2. The zero-order chi connectivity index (χ0) is 18.4. The summed E-state index contributed by atoms with van der Waals surface area (Å²) < 4.78 is 0. The van der Waals surface area contributed by atoms with E-state index in [0.717, 1.165) is 16.7 Å². The van der Waals surface area contributed by atoms with Gasteiger partial charge in [0.2, 0.25) is 0 Å². The van der Waals surface area contributed by atoms with Crippen LogP contribution in [0.3, 0.4) is 0 Å². The summed E-state index contributed by atoms with van der Waals surface area (Å²) in [6.45, 7) is 19.3. The molecule has 0 aliphatic carbocycles. The van der Waals surface area contributed by atoms with Crippen molar-refractivity contribution in [1.29, 1.82) is 0 Å². The second-order valence-corrected chi connectivity index (χ2v) is 3.97. The molecule has 2 heteroatoms. The third-order valence-electron chi connectivity index (χ3n) is 2.80. The molecule has 0 amide bonds. The summed E-state index contributed by atoms with van der Waals surface area (Å²) in [6.07, 6.45) is 10.8. The number of carboxylic acids is 1. The zero-order valence-corrected chi connectivity index (χ0v) is 15.3. The second kappa shape index (κ2) is 13.3. The van der Waals surface area contributed by atoms with Crippen LogP contribution in [0.4, 0.5) is 0 Å². The number of hydrogen-bond donors (Lipinski definition) is 1. The quantitative estimate of drug-likeness (QED) is 0.649. The number of carbonyl (C=O) groups is 1.